The fourth-order valence-corrected chi connectivity index (χ4v) is 2.45. The van der Waals surface area contributed by atoms with Gasteiger partial charge in [0.25, 0.3) is 0 Å². The number of hydrogen-bond acceptors (Lipinski definition) is 2. The van der Waals surface area contributed by atoms with Crippen molar-refractivity contribution < 1.29 is 0 Å². The first kappa shape index (κ1) is 11.5. The van der Waals surface area contributed by atoms with Gasteiger partial charge >= 0.3 is 0 Å². The van der Waals surface area contributed by atoms with Crippen LogP contribution in [0.1, 0.15) is 18.5 Å². The minimum atomic E-state index is 0.0237. The second kappa shape index (κ2) is 4.47. The molecule has 84 valence electrons. The van der Waals surface area contributed by atoms with Crippen molar-refractivity contribution in [2.24, 2.45) is 0 Å². The highest BCUT2D eigenvalue weighted by molar-refractivity contribution is 9.10. The predicted molar refractivity (Wildman–Crippen MR) is 69.6 cm³/mol. The summed E-state index contributed by atoms with van der Waals surface area (Å²) in [4.78, 5) is 0. The molecule has 1 unspecified atom stereocenters. The summed E-state index contributed by atoms with van der Waals surface area (Å²) in [5.41, 5.74) is 6.81. The zero-order valence-corrected chi connectivity index (χ0v) is 11.0. The summed E-state index contributed by atoms with van der Waals surface area (Å²) >= 11 is 9.56. The van der Waals surface area contributed by atoms with Crippen molar-refractivity contribution in [3.63, 3.8) is 0 Å². The van der Waals surface area contributed by atoms with E-state index in [0.29, 0.717) is 10.8 Å². The van der Waals surface area contributed by atoms with Gasteiger partial charge in [-0.2, -0.15) is 5.10 Å². The van der Waals surface area contributed by atoms with Gasteiger partial charge in [0.2, 0.25) is 0 Å². The van der Waals surface area contributed by atoms with E-state index >= 15 is 0 Å². The monoisotopic (exact) mass is 299 g/mol. The minimum Gasteiger partial charge on any atom is -0.384 e. The quantitative estimate of drug-likeness (QED) is 0.922. The summed E-state index contributed by atoms with van der Waals surface area (Å²) in [5.74, 6) is 0.631. The predicted octanol–water partition coefficient (Wildman–Crippen LogP) is 3.49. The van der Waals surface area contributed by atoms with E-state index in [1.807, 2.05) is 25.1 Å². The summed E-state index contributed by atoms with van der Waals surface area (Å²) in [6.07, 6.45) is 1.68. The van der Waals surface area contributed by atoms with Crippen molar-refractivity contribution in [3.8, 4) is 0 Å². The molecular weight excluding hydrogens is 289 g/mol. The molecule has 2 rings (SSSR count). The van der Waals surface area contributed by atoms with E-state index < -0.39 is 0 Å². The Morgan fingerprint density at radius 2 is 2.19 bits per heavy atom. The maximum absolute atomic E-state index is 6.18. The third-order valence-electron chi connectivity index (χ3n) is 2.48. The second-order valence-corrected chi connectivity index (χ2v) is 4.87. The van der Waals surface area contributed by atoms with Gasteiger partial charge in [0.05, 0.1) is 12.2 Å². The lowest BCUT2D eigenvalue weighted by molar-refractivity contribution is 0.573. The molecule has 0 saturated carbocycles. The number of nitrogen functional groups attached to an aromatic ring is 1. The van der Waals surface area contributed by atoms with E-state index in [4.69, 9.17) is 17.3 Å². The van der Waals surface area contributed by atoms with Crippen LogP contribution in [0.4, 0.5) is 5.82 Å². The van der Waals surface area contributed by atoms with E-state index in [0.717, 1.165) is 10.0 Å². The number of anilines is 1. The first-order valence-electron chi connectivity index (χ1n) is 4.83. The van der Waals surface area contributed by atoms with Gasteiger partial charge < -0.3 is 5.73 Å². The Morgan fingerprint density at radius 3 is 2.75 bits per heavy atom. The van der Waals surface area contributed by atoms with Crippen LogP contribution in [0.3, 0.4) is 0 Å². The SMILES string of the molecule is CC(c1ccc(Br)cc1Cl)n1nccc1N. The van der Waals surface area contributed by atoms with E-state index in [-0.39, 0.29) is 6.04 Å². The Bertz CT molecular complexity index is 510. The van der Waals surface area contributed by atoms with Crippen LogP contribution < -0.4 is 5.73 Å². The van der Waals surface area contributed by atoms with Crippen LogP contribution >= 0.6 is 27.5 Å². The molecule has 0 bridgehead atoms. The van der Waals surface area contributed by atoms with Gasteiger partial charge in [-0.3, -0.25) is 0 Å². The van der Waals surface area contributed by atoms with Crippen LogP contribution in [0.15, 0.2) is 34.9 Å². The first-order valence-corrected chi connectivity index (χ1v) is 6.00. The summed E-state index contributed by atoms with van der Waals surface area (Å²) in [5, 5.41) is 4.88. The molecule has 1 aromatic carbocycles. The Morgan fingerprint density at radius 1 is 1.44 bits per heavy atom. The summed E-state index contributed by atoms with van der Waals surface area (Å²) < 4.78 is 2.71. The van der Waals surface area contributed by atoms with Crippen molar-refractivity contribution in [2.75, 3.05) is 5.73 Å². The van der Waals surface area contributed by atoms with Gasteiger partial charge in [0.1, 0.15) is 5.82 Å². The number of nitrogens with two attached hydrogens (primary N) is 1. The molecule has 16 heavy (non-hydrogen) atoms. The number of halogens is 2. The molecule has 3 nitrogen and oxygen atoms in total. The molecule has 0 aliphatic rings. The van der Waals surface area contributed by atoms with Gasteiger partial charge in [0.15, 0.2) is 0 Å². The fourth-order valence-electron chi connectivity index (χ4n) is 1.62. The van der Waals surface area contributed by atoms with Crippen molar-refractivity contribution in [3.05, 3.63) is 45.5 Å². The Kier molecular flexibility index (Phi) is 3.21. The molecule has 1 heterocycles. The maximum atomic E-state index is 6.18. The first-order chi connectivity index (χ1) is 7.59. The molecule has 5 heteroatoms. The zero-order valence-electron chi connectivity index (χ0n) is 8.69. The van der Waals surface area contributed by atoms with Crippen LogP contribution in [-0.2, 0) is 0 Å². The highest BCUT2D eigenvalue weighted by atomic mass is 79.9. The fraction of sp³-hybridized carbons (Fsp3) is 0.182. The topological polar surface area (TPSA) is 43.8 Å². The molecule has 0 amide bonds. The van der Waals surface area contributed by atoms with E-state index in [1.165, 1.54) is 0 Å². The van der Waals surface area contributed by atoms with Crippen LogP contribution in [0.2, 0.25) is 5.02 Å². The zero-order chi connectivity index (χ0) is 11.7. The van der Waals surface area contributed by atoms with Gasteiger partial charge in [-0.1, -0.05) is 33.6 Å². The molecule has 0 aliphatic carbocycles. The van der Waals surface area contributed by atoms with Crippen LogP contribution in [-0.4, -0.2) is 9.78 Å². The average molecular weight is 301 g/mol. The highest BCUT2D eigenvalue weighted by Crippen LogP contribution is 2.29. The minimum absolute atomic E-state index is 0.0237. The summed E-state index contributed by atoms with van der Waals surface area (Å²) in [7, 11) is 0. The van der Waals surface area contributed by atoms with Crippen molar-refractivity contribution in [1.82, 2.24) is 9.78 Å². The molecule has 2 N–H and O–H groups in total. The molecule has 0 fully saturated rings. The van der Waals surface area contributed by atoms with Crippen molar-refractivity contribution in [2.45, 2.75) is 13.0 Å². The average Bonchev–Trinajstić information content (AvgIpc) is 2.63. The molecule has 0 aliphatic heterocycles. The van der Waals surface area contributed by atoms with Crippen LogP contribution in [0, 0.1) is 0 Å². The number of rotatable bonds is 2. The lowest BCUT2D eigenvalue weighted by Gasteiger charge is -2.15. The molecule has 0 spiro atoms. The molecule has 1 atom stereocenters. The Balaban J connectivity index is 2.41. The number of nitrogens with zero attached hydrogens (tertiary/aromatic N) is 2. The number of benzene rings is 1. The molecular formula is C11H11BrClN3. The van der Waals surface area contributed by atoms with Gasteiger partial charge in [-0.25, -0.2) is 4.68 Å². The van der Waals surface area contributed by atoms with E-state index in [1.54, 1.807) is 16.9 Å². The standard InChI is InChI=1S/C11H11BrClN3/c1-7(16-11(14)4-5-15-16)9-3-2-8(12)6-10(9)13/h2-7H,14H2,1H3. The third-order valence-corrected chi connectivity index (χ3v) is 3.30. The van der Waals surface area contributed by atoms with E-state index in [9.17, 15) is 0 Å². The summed E-state index contributed by atoms with van der Waals surface area (Å²) in [6, 6.07) is 7.59. The van der Waals surface area contributed by atoms with Gasteiger partial charge in [-0.05, 0) is 30.7 Å². The van der Waals surface area contributed by atoms with Gasteiger partial charge in [0, 0.05) is 9.50 Å². The van der Waals surface area contributed by atoms with Crippen molar-refractivity contribution in [1.29, 1.82) is 0 Å². The molecule has 1 aromatic heterocycles. The number of hydrogen-bond donors (Lipinski definition) is 1. The Labute approximate surface area is 107 Å². The second-order valence-electron chi connectivity index (χ2n) is 3.54. The molecule has 2 aromatic rings. The maximum Gasteiger partial charge on any atom is 0.122 e. The third kappa shape index (κ3) is 2.08. The summed E-state index contributed by atoms with van der Waals surface area (Å²) in [6.45, 7) is 2.01. The van der Waals surface area contributed by atoms with Crippen LogP contribution in [0.25, 0.3) is 0 Å². The molecule has 0 saturated heterocycles. The van der Waals surface area contributed by atoms with Gasteiger partial charge in [-0.15, -0.1) is 0 Å². The smallest absolute Gasteiger partial charge is 0.122 e. The van der Waals surface area contributed by atoms with Crippen molar-refractivity contribution >= 4 is 33.3 Å². The molecule has 0 radical (unpaired) electrons. The largest absolute Gasteiger partial charge is 0.384 e. The number of aromatic nitrogens is 2. The lowest BCUT2D eigenvalue weighted by atomic mass is 10.1. The Hall–Kier alpha value is -1.00. The van der Waals surface area contributed by atoms with Crippen LogP contribution in [0.5, 0.6) is 0 Å². The normalized spacial score (nSPS) is 12.7. The highest BCUT2D eigenvalue weighted by Gasteiger charge is 2.13. The lowest BCUT2D eigenvalue weighted by Crippen LogP contribution is -2.11. The van der Waals surface area contributed by atoms with E-state index in [2.05, 4.69) is 21.0 Å².